The standard InChI is InChI=1S/C15H21NO/c1-2-11-5-6-16-15-13-7-10(9-17)3-4-12(13)8-14(11)15/h3-4,7,11,14-17H,2,5-6,8-9H2,1H3/t11?,14-,15+/m1/s1. The van der Waals surface area contributed by atoms with Gasteiger partial charge in [0.15, 0.2) is 0 Å². The first-order valence-corrected chi connectivity index (χ1v) is 6.79. The van der Waals surface area contributed by atoms with Crippen LogP contribution < -0.4 is 5.32 Å². The summed E-state index contributed by atoms with van der Waals surface area (Å²) in [5.41, 5.74) is 3.98. The SMILES string of the molecule is CCC1CCN[C@H]2c3cc(CO)ccc3C[C@H]12. The lowest BCUT2D eigenvalue weighted by Gasteiger charge is -2.34. The molecule has 0 amide bonds. The second-order valence-electron chi connectivity index (χ2n) is 5.45. The van der Waals surface area contributed by atoms with Crippen molar-refractivity contribution in [3.63, 3.8) is 0 Å². The maximum absolute atomic E-state index is 9.24. The van der Waals surface area contributed by atoms with E-state index in [9.17, 15) is 5.11 Å². The zero-order chi connectivity index (χ0) is 11.8. The fraction of sp³-hybridized carbons (Fsp3) is 0.600. The van der Waals surface area contributed by atoms with Crippen LogP contribution in [0.4, 0.5) is 0 Å². The second-order valence-corrected chi connectivity index (χ2v) is 5.45. The molecular weight excluding hydrogens is 210 g/mol. The molecule has 3 atom stereocenters. The van der Waals surface area contributed by atoms with E-state index in [0.29, 0.717) is 6.04 Å². The number of aliphatic hydroxyl groups is 1. The maximum atomic E-state index is 9.24. The van der Waals surface area contributed by atoms with E-state index >= 15 is 0 Å². The van der Waals surface area contributed by atoms with E-state index in [2.05, 4.69) is 30.4 Å². The number of hydrogen-bond acceptors (Lipinski definition) is 2. The van der Waals surface area contributed by atoms with Crippen molar-refractivity contribution in [2.24, 2.45) is 11.8 Å². The van der Waals surface area contributed by atoms with Gasteiger partial charge in [-0.25, -0.2) is 0 Å². The van der Waals surface area contributed by atoms with Crippen molar-refractivity contribution in [1.29, 1.82) is 0 Å². The van der Waals surface area contributed by atoms with Gasteiger partial charge in [0, 0.05) is 6.04 Å². The summed E-state index contributed by atoms with van der Waals surface area (Å²) in [4.78, 5) is 0. The smallest absolute Gasteiger partial charge is 0.0681 e. The van der Waals surface area contributed by atoms with Gasteiger partial charge in [-0.3, -0.25) is 0 Å². The number of benzene rings is 1. The molecule has 1 saturated heterocycles. The molecule has 1 unspecified atom stereocenters. The average Bonchev–Trinajstić information content (AvgIpc) is 2.76. The summed E-state index contributed by atoms with van der Waals surface area (Å²) in [7, 11) is 0. The summed E-state index contributed by atoms with van der Waals surface area (Å²) in [6.07, 6.45) is 3.83. The Hall–Kier alpha value is -0.860. The van der Waals surface area contributed by atoms with Crippen molar-refractivity contribution in [2.45, 2.75) is 38.8 Å². The Balaban J connectivity index is 1.94. The van der Waals surface area contributed by atoms with E-state index < -0.39 is 0 Å². The van der Waals surface area contributed by atoms with E-state index in [0.717, 1.165) is 23.9 Å². The fourth-order valence-corrected chi connectivity index (χ4v) is 3.67. The number of piperidine rings is 1. The van der Waals surface area contributed by atoms with E-state index in [4.69, 9.17) is 0 Å². The third-order valence-corrected chi connectivity index (χ3v) is 4.62. The minimum atomic E-state index is 0.155. The number of nitrogens with one attached hydrogen (secondary N) is 1. The molecule has 2 heteroatoms. The molecular formula is C15H21NO. The molecule has 2 aliphatic rings. The van der Waals surface area contributed by atoms with Crippen LogP contribution >= 0.6 is 0 Å². The van der Waals surface area contributed by atoms with Gasteiger partial charge in [-0.05, 0) is 47.9 Å². The van der Waals surface area contributed by atoms with Crippen molar-refractivity contribution < 1.29 is 5.11 Å². The Morgan fingerprint density at radius 3 is 3.06 bits per heavy atom. The summed E-state index contributed by atoms with van der Waals surface area (Å²) in [5.74, 6) is 1.64. The summed E-state index contributed by atoms with van der Waals surface area (Å²) in [5, 5.41) is 12.9. The van der Waals surface area contributed by atoms with Gasteiger partial charge >= 0.3 is 0 Å². The average molecular weight is 231 g/mol. The monoisotopic (exact) mass is 231 g/mol. The van der Waals surface area contributed by atoms with Crippen LogP contribution in [0.5, 0.6) is 0 Å². The van der Waals surface area contributed by atoms with Gasteiger partial charge < -0.3 is 10.4 Å². The van der Waals surface area contributed by atoms with Crippen molar-refractivity contribution in [2.75, 3.05) is 6.54 Å². The Labute approximate surface area is 103 Å². The molecule has 1 aliphatic carbocycles. The highest BCUT2D eigenvalue weighted by molar-refractivity contribution is 5.39. The number of fused-ring (bicyclic) bond motifs is 3. The number of aliphatic hydroxyl groups excluding tert-OH is 1. The van der Waals surface area contributed by atoms with Crippen LogP contribution in [-0.2, 0) is 13.0 Å². The number of rotatable bonds is 2. The lowest BCUT2D eigenvalue weighted by atomic mass is 9.80. The van der Waals surface area contributed by atoms with Crippen LogP contribution in [0.1, 0.15) is 42.5 Å². The zero-order valence-electron chi connectivity index (χ0n) is 10.4. The van der Waals surface area contributed by atoms with Gasteiger partial charge in [-0.2, -0.15) is 0 Å². The molecule has 0 saturated carbocycles. The molecule has 1 aromatic carbocycles. The lowest BCUT2D eigenvalue weighted by molar-refractivity contribution is 0.199. The molecule has 92 valence electrons. The third kappa shape index (κ3) is 1.80. The summed E-state index contributed by atoms with van der Waals surface area (Å²) < 4.78 is 0. The highest BCUT2D eigenvalue weighted by atomic mass is 16.3. The lowest BCUT2D eigenvalue weighted by Crippen LogP contribution is -2.37. The van der Waals surface area contributed by atoms with E-state index in [1.807, 2.05) is 0 Å². The molecule has 1 fully saturated rings. The van der Waals surface area contributed by atoms with Gasteiger partial charge in [0.2, 0.25) is 0 Å². The Morgan fingerprint density at radius 1 is 1.41 bits per heavy atom. The fourth-order valence-electron chi connectivity index (χ4n) is 3.67. The van der Waals surface area contributed by atoms with Crippen LogP contribution in [-0.4, -0.2) is 11.7 Å². The molecule has 0 aromatic heterocycles. The first-order chi connectivity index (χ1) is 8.33. The molecule has 1 aromatic rings. The maximum Gasteiger partial charge on any atom is 0.0681 e. The molecule has 3 rings (SSSR count). The Kier molecular flexibility index (Phi) is 2.93. The minimum Gasteiger partial charge on any atom is -0.392 e. The van der Waals surface area contributed by atoms with Gasteiger partial charge in [-0.15, -0.1) is 0 Å². The number of hydrogen-bond donors (Lipinski definition) is 2. The van der Waals surface area contributed by atoms with Crippen molar-refractivity contribution in [3.8, 4) is 0 Å². The van der Waals surface area contributed by atoms with Gasteiger partial charge in [-0.1, -0.05) is 31.5 Å². The van der Waals surface area contributed by atoms with E-state index in [1.165, 1.54) is 30.4 Å². The molecule has 2 nitrogen and oxygen atoms in total. The molecule has 0 bridgehead atoms. The first-order valence-electron chi connectivity index (χ1n) is 6.79. The molecule has 1 aliphatic heterocycles. The molecule has 0 radical (unpaired) electrons. The van der Waals surface area contributed by atoms with Gasteiger partial charge in [0.25, 0.3) is 0 Å². The van der Waals surface area contributed by atoms with E-state index in [1.54, 1.807) is 0 Å². The van der Waals surface area contributed by atoms with Crippen LogP contribution in [0.3, 0.4) is 0 Å². The molecule has 1 heterocycles. The Morgan fingerprint density at radius 2 is 2.29 bits per heavy atom. The van der Waals surface area contributed by atoms with Gasteiger partial charge in [0.05, 0.1) is 6.61 Å². The van der Waals surface area contributed by atoms with Crippen LogP contribution in [0.15, 0.2) is 18.2 Å². The second kappa shape index (κ2) is 4.43. The minimum absolute atomic E-state index is 0.155. The predicted molar refractivity (Wildman–Crippen MR) is 68.7 cm³/mol. The molecule has 17 heavy (non-hydrogen) atoms. The van der Waals surface area contributed by atoms with Crippen LogP contribution in [0.25, 0.3) is 0 Å². The summed E-state index contributed by atoms with van der Waals surface area (Å²) in [6, 6.07) is 7.02. The van der Waals surface area contributed by atoms with Crippen LogP contribution in [0, 0.1) is 11.8 Å². The topological polar surface area (TPSA) is 32.3 Å². The zero-order valence-corrected chi connectivity index (χ0v) is 10.4. The quantitative estimate of drug-likeness (QED) is 0.819. The highest BCUT2D eigenvalue weighted by Crippen LogP contribution is 2.44. The normalized spacial score (nSPS) is 31.1. The largest absolute Gasteiger partial charge is 0.392 e. The van der Waals surface area contributed by atoms with Crippen LogP contribution in [0.2, 0.25) is 0 Å². The van der Waals surface area contributed by atoms with Crippen molar-refractivity contribution >= 4 is 0 Å². The third-order valence-electron chi connectivity index (χ3n) is 4.62. The van der Waals surface area contributed by atoms with E-state index in [-0.39, 0.29) is 6.61 Å². The molecule has 0 spiro atoms. The van der Waals surface area contributed by atoms with Crippen molar-refractivity contribution in [3.05, 3.63) is 34.9 Å². The first kappa shape index (κ1) is 11.2. The van der Waals surface area contributed by atoms with Gasteiger partial charge in [0.1, 0.15) is 0 Å². The predicted octanol–water partition coefficient (Wildman–Crippen LogP) is 2.41. The summed E-state index contributed by atoms with van der Waals surface area (Å²) >= 11 is 0. The highest BCUT2D eigenvalue weighted by Gasteiger charge is 2.38. The summed E-state index contributed by atoms with van der Waals surface area (Å²) in [6.45, 7) is 3.61. The Bertz CT molecular complexity index is 415. The molecule has 2 N–H and O–H groups in total. The van der Waals surface area contributed by atoms with Crippen molar-refractivity contribution in [1.82, 2.24) is 5.32 Å².